The highest BCUT2D eigenvalue weighted by atomic mass is 35.5. The Kier molecular flexibility index (Phi) is 6.12. The van der Waals surface area contributed by atoms with Crippen LogP contribution in [0.2, 0.25) is 5.02 Å². The third kappa shape index (κ3) is 4.32. The lowest BCUT2D eigenvalue weighted by molar-refractivity contribution is -0.385. The Balaban J connectivity index is 2.63. The van der Waals surface area contributed by atoms with Crippen molar-refractivity contribution < 1.29 is 36.8 Å². The van der Waals surface area contributed by atoms with E-state index in [9.17, 15) is 32.5 Å². The molecule has 0 radical (unpaired) electrons. The molecule has 2 aromatic rings. The lowest BCUT2D eigenvalue weighted by atomic mass is 10.1. The van der Waals surface area contributed by atoms with Crippen molar-refractivity contribution in [3.8, 4) is 17.0 Å². The largest absolute Gasteiger partial charge is 0.474 e. The molecule has 0 atom stereocenters. The fourth-order valence-corrected chi connectivity index (χ4v) is 2.57. The summed E-state index contributed by atoms with van der Waals surface area (Å²) in [6, 6.07) is 1.07. The molecule has 28 heavy (non-hydrogen) atoms. The van der Waals surface area contributed by atoms with E-state index in [0.717, 1.165) is 7.05 Å². The average molecular weight is 426 g/mol. The molecule has 1 aromatic heterocycles. The minimum Gasteiger partial charge on any atom is -0.474 e. The first-order chi connectivity index (χ1) is 13.0. The highest BCUT2D eigenvalue weighted by Gasteiger charge is 2.37. The number of esters is 1. The maximum absolute atomic E-state index is 14.4. The minimum atomic E-state index is -4.82. The highest BCUT2D eigenvalue weighted by molar-refractivity contribution is 6.32. The molecule has 1 heterocycles. The molecule has 0 spiro atoms. The summed E-state index contributed by atoms with van der Waals surface area (Å²) in [4.78, 5) is 21.8. The second-order valence-electron chi connectivity index (χ2n) is 5.28. The molecule has 0 bridgehead atoms. The molecule has 0 aliphatic heterocycles. The van der Waals surface area contributed by atoms with Crippen molar-refractivity contribution in [2.75, 3.05) is 13.2 Å². The molecule has 0 aliphatic rings. The van der Waals surface area contributed by atoms with Crippen molar-refractivity contribution in [1.82, 2.24) is 9.78 Å². The van der Waals surface area contributed by atoms with Gasteiger partial charge in [0.05, 0.1) is 16.6 Å². The van der Waals surface area contributed by atoms with Crippen LogP contribution in [0.15, 0.2) is 12.1 Å². The van der Waals surface area contributed by atoms with Crippen LogP contribution in [0.3, 0.4) is 0 Å². The van der Waals surface area contributed by atoms with E-state index in [1.807, 2.05) is 0 Å². The second kappa shape index (κ2) is 8.00. The van der Waals surface area contributed by atoms with Crippen LogP contribution in [0, 0.1) is 15.9 Å². The SMILES string of the molecule is CCOC(=O)COc1c(Cl)cc(F)c(-c2cc(C(F)(F)F)n(C)n2)c1[N+](=O)[O-]. The van der Waals surface area contributed by atoms with Crippen LogP contribution in [-0.4, -0.2) is 33.9 Å². The van der Waals surface area contributed by atoms with Gasteiger partial charge < -0.3 is 9.47 Å². The molecular weight excluding hydrogens is 414 g/mol. The molecule has 0 saturated carbocycles. The van der Waals surface area contributed by atoms with Crippen LogP contribution >= 0.6 is 11.6 Å². The lowest BCUT2D eigenvalue weighted by Gasteiger charge is -2.11. The molecule has 0 amide bonds. The number of hydrogen-bond acceptors (Lipinski definition) is 6. The zero-order valence-corrected chi connectivity index (χ0v) is 15.1. The number of hydrogen-bond donors (Lipinski definition) is 0. The average Bonchev–Trinajstić information content (AvgIpc) is 2.95. The standard InChI is InChI=1S/C15H12ClF4N3O5/c1-3-27-11(24)6-28-14-7(16)4-8(17)12(13(14)23(25)26)9-5-10(15(18,19)20)22(2)21-9/h4-5H,3,6H2,1-2H3. The molecule has 1 aromatic carbocycles. The first-order valence-electron chi connectivity index (χ1n) is 7.53. The second-order valence-corrected chi connectivity index (χ2v) is 5.69. The van der Waals surface area contributed by atoms with E-state index in [2.05, 4.69) is 9.84 Å². The van der Waals surface area contributed by atoms with E-state index < -0.39 is 62.9 Å². The predicted octanol–water partition coefficient (Wildman–Crippen LogP) is 3.75. The third-order valence-electron chi connectivity index (χ3n) is 3.41. The monoisotopic (exact) mass is 425 g/mol. The Labute approximate surface area is 159 Å². The number of rotatable bonds is 6. The number of ether oxygens (including phenoxy) is 2. The Morgan fingerprint density at radius 2 is 2.04 bits per heavy atom. The van der Waals surface area contributed by atoms with Crippen molar-refractivity contribution in [2.24, 2.45) is 7.05 Å². The fraction of sp³-hybridized carbons (Fsp3) is 0.333. The molecule has 0 saturated heterocycles. The number of nitro benzene ring substituents is 1. The zero-order valence-electron chi connectivity index (χ0n) is 14.3. The normalized spacial score (nSPS) is 11.4. The zero-order chi connectivity index (χ0) is 21.2. The van der Waals surface area contributed by atoms with Gasteiger partial charge in [0, 0.05) is 7.05 Å². The molecule has 8 nitrogen and oxygen atoms in total. The Bertz CT molecular complexity index is 929. The number of halogens is 5. The van der Waals surface area contributed by atoms with E-state index in [0.29, 0.717) is 16.8 Å². The first-order valence-corrected chi connectivity index (χ1v) is 7.91. The van der Waals surface area contributed by atoms with E-state index in [1.165, 1.54) is 6.92 Å². The number of aromatic nitrogens is 2. The van der Waals surface area contributed by atoms with Gasteiger partial charge >= 0.3 is 17.8 Å². The van der Waals surface area contributed by atoms with Gasteiger partial charge in [-0.15, -0.1) is 0 Å². The van der Waals surface area contributed by atoms with Gasteiger partial charge in [0.1, 0.15) is 22.8 Å². The number of benzene rings is 1. The number of aryl methyl sites for hydroxylation is 1. The number of nitro groups is 1. The number of alkyl halides is 3. The summed E-state index contributed by atoms with van der Waals surface area (Å²) in [5.74, 6) is -2.86. The number of carbonyl (C=O) groups excluding carboxylic acids is 1. The van der Waals surface area contributed by atoms with Gasteiger partial charge in [-0.3, -0.25) is 14.8 Å². The fourth-order valence-electron chi connectivity index (χ4n) is 2.33. The predicted molar refractivity (Wildman–Crippen MR) is 87.4 cm³/mol. The number of carbonyl (C=O) groups is 1. The smallest absolute Gasteiger partial charge is 0.433 e. The summed E-state index contributed by atoms with van der Waals surface area (Å²) >= 11 is 5.78. The summed E-state index contributed by atoms with van der Waals surface area (Å²) in [5, 5.41) is 14.5. The quantitative estimate of drug-likeness (QED) is 0.303. The Hall–Kier alpha value is -2.89. The molecule has 0 fully saturated rings. The van der Waals surface area contributed by atoms with Crippen molar-refractivity contribution >= 4 is 23.3 Å². The van der Waals surface area contributed by atoms with Crippen LogP contribution < -0.4 is 4.74 Å². The maximum atomic E-state index is 14.4. The van der Waals surface area contributed by atoms with Gasteiger partial charge in [-0.05, 0) is 19.1 Å². The van der Waals surface area contributed by atoms with Gasteiger partial charge in [0.2, 0.25) is 5.75 Å². The van der Waals surface area contributed by atoms with Crippen LogP contribution in [0.5, 0.6) is 5.75 Å². The van der Waals surface area contributed by atoms with E-state index in [1.54, 1.807) is 0 Å². The maximum Gasteiger partial charge on any atom is 0.433 e. The van der Waals surface area contributed by atoms with Gasteiger partial charge in [-0.1, -0.05) is 11.6 Å². The summed E-state index contributed by atoms with van der Waals surface area (Å²) in [7, 11) is 0.949. The topological polar surface area (TPSA) is 96.5 Å². The summed E-state index contributed by atoms with van der Waals surface area (Å²) in [6.45, 7) is 0.749. The Morgan fingerprint density at radius 3 is 2.54 bits per heavy atom. The first kappa shape index (κ1) is 21.4. The van der Waals surface area contributed by atoms with Crippen molar-refractivity contribution in [3.63, 3.8) is 0 Å². The minimum absolute atomic E-state index is 0.0147. The molecule has 152 valence electrons. The summed E-state index contributed by atoms with van der Waals surface area (Å²) in [5.41, 5.74) is -3.84. The van der Waals surface area contributed by atoms with Crippen LogP contribution in [-0.2, 0) is 22.8 Å². The van der Waals surface area contributed by atoms with E-state index in [4.69, 9.17) is 16.3 Å². The third-order valence-corrected chi connectivity index (χ3v) is 3.69. The number of nitrogens with zero attached hydrogens (tertiary/aromatic N) is 3. The van der Waals surface area contributed by atoms with Gasteiger partial charge in [-0.2, -0.15) is 18.3 Å². The van der Waals surface area contributed by atoms with Crippen molar-refractivity contribution in [1.29, 1.82) is 0 Å². The van der Waals surface area contributed by atoms with Gasteiger partial charge in [0.25, 0.3) is 0 Å². The van der Waals surface area contributed by atoms with Gasteiger partial charge in [-0.25, -0.2) is 9.18 Å². The van der Waals surface area contributed by atoms with Gasteiger partial charge in [0.15, 0.2) is 6.61 Å². The van der Waals surface area contributed by atoms with E-state index >= 15 is 0 Å². The summed E-state index contributed by atoms with van der Waals surface area (Å²) in [6.07, 6.45) is -4.82. The molecule has 13 heteroatoms. The molecule has 0 unspecified atom stereocenters. The Morgan fingerprint density at radius 1 is 1.39 bits per heavy atom. The molecule has 2 rings (SSSR count). The van der Waals surface area contributed by atoms with Crippen LogP contribution in [0.4, 0.5) is 23.2 Å². The lowest BCUT2D eigenvalue weighted by Crippen LogP contribution is -2.15. The van der Waals surface area contributed by atoms with Crippen LogP contribution in [0.25, 0.3) is 11.3 Å². The highest BCUT2D eigenvalue weighted by Crippen LogP contribution is 2.45. The van der Waals surface area contributed by atoms with E-state index in [-0.39, 0.29) is 6.61 Å². The van der Waals surface area contributed by atoms with Crippen molar-refractivity contribution in [2.45, 2.75) is 13.1 Å². The van der Waals surface area contributed by atoms with Crippen molar-refractivity contribution in [3.05, 3.63) is 38.8 Å². The summed E-state index contributed by atoms with van der Waals surface area (Å²) < 4.78 is 63.4. The molecular formula is C15H12ClF4N3O5. The molecule has 0 aliphatic carbocycles. The van der Waals surface area contributed by atoms with Crippen LogP contribution in [0.1, 0.15) is 12.6 Å². The molecule has 0 N–H and O–H groups in total.